The summed E-state index contributed by atoms with van der Waals surface area (Å²) in [6, 6.07) is 12.0. The first-order valence-electron chi connectivity index (χ1n) is 7.55. The molecule has 0 bridgehead atoms. The molecule has 132 valence electrons. The number of nitrogens with zero attached hydrogens (tertiary/aromatic N) is 2. The predicted octanol–water partition coefficient (Wildman–Crippen LogP) is 3.77. The first-order valence-corrected chi connectivity index (χ1v) is 8.31. The Labute approximate surface area is 157 Å². The number of carbonyl (C=O) groups is 2. The van der Waals surface area contributed by atoms with Crippen LogP contribution in [0.5, 0.6) is 0 Å². The molecule has 0 atom stereocenters. The van der Waals surface area contributed by atoms with Crippen LogP contribution in [0.2, 0.25) is 10.0 Å². The van der Waals surface area contributed by atoms with Crippen molar-refractivity contribution in [2.24, 2.45) is 0 Å². The molecular weight excluding hydrogens is 361 g/mol. The fourth-order valence-corrected chi connectivity index (χ4v) is 2.50. The Kier molecular flexibility index (Phi) is 6.28. The molecule has 0 aliphatic carbocycles. The largest absolute Gasteiger partial charge is 0.378 e. The lowest BCUT2D eigenvalue weighted by molar-refractivity contribution is -0.116. The van der Waals surface area contributed by atoms with E-state index in [1.165, 1.54) is 4.90 Å². The Morgan fingerprint density at radius 3 is 2.36 bits per heavy atom. The summed E-state index contributed by atoms with van der Waals surface area (Å²) in [5.74, 6) is -0.550. The molecule has 0 aliphatic rings. The molecule has 5 nitrogen and oxygen atoms in total. The number of hydrogen-bond donors (Lipinski definition) is 1. The van der Waals surface area contributed by atoms with Crippen molar-refractivity contribution in [1.29, 1.82) is 0 Å². The maximum absolute atomic E-state index is 12.5. The van der Waals surface area contributed by atoms with E-state index in [0.29, 0.717) is 21.3 Å². The summed E-state index contributed by atoms with van der Waals surface area (Å²) in [4.78, 5) is 27.9. The Morgan fingerprint density at radius 2 is 1.72 bits per heavy atom. The van der Waals surface area contributed by atoms with Crippen molar-refractivity contribution in [3.63, 3.8) is 0 Å². The lowest BCUT2D eigenvalue weighted by Gasteiger charge is -2.18. The molecule has 0 saturated carbocycles. The highest BCUT2D eigenvalue weighted by atomic mass is 35.5. The fraction of sp³-hybridized carbons (Fsp3) is 0.222. The van der Waals surface area contributed by atoms with Crippen molar-refractivity contribution in [2.75, 3.05) is 37.9 Å². The van der Waals surface area contributed by atoms with Gasteiger partial charge < -0.3 is 15.1 Å². The van der Waals surface area contributed by atoms with Gasteiger partial charge in [0.2, 0.25) is 5.91 Å². The van der Waals surface area contributed by atoms with Gasteiger partial charge in [0.15, 0.2) is 0 Å². The van der Waals surface area contributed by atoms with Crippen LogP contribution in [0.15, 0.2) is 42.5 Å². The number of nitrogens with one attached hydrogen (secondary N) is 1. The molecule has 7 heteroatoms. The molecule has 25 heavy (non-hydrogen) atoms. The van der Waals surface area contributed by atoms with E-state index in [0.717, 1.165) is 5.69 Å². The molecule has 0 heterocycles. The molecule has 1 N–H and O–H groups in total. The van der Waals surface area contributed by atoms with Crippen LogP contribution in [-0.4, -0.2) is 44.4 Å². The molecule has 2 amide bonds. The summed E-state index contributed by atoms with van der Waals surface area (Å²) >= 11 is 11.8. The van der Waals surface area contributed by atoms with Gasteiger partial charge in [-0.3, -0.25) is 9.59 Å². The van der Waals surface area contributed by atoms with Crippen molar-refractivity contribution in [3.8, 4) is 0 Å². The minimum absolute atomic E-state index is 0.0781. The van der Waals surface area contributed by atoms with Gasteiger partial charge in [-0.25, -0.2) is 0 Å². The van der Waals surface area contributed by atoms with Crippen LogP contribution in [0.1, 0.15) is 10.4 Å². The topological polar surface area (TPSA) is 52.7 Å². The molecule has 0 spiro atoms. The Morgan fingerprint density at radius 1 is 1.00 bits per heavy atom. The van der Waals surface area contributed by atoms with Gasteiger partial charge in [-0.2, -0.15) is 0 Å². The van der Waals surface area contributed by atoms with Gasteiger partial charge in [0.1, 0.15) is 0 Å². The summed E-state index contributed by atoms with van der Waals surface area (Å²) in [7, 11) is 5.38. The van der Waals surface area contributed by atoms with Crippen molar-refractivity contribution < 1.29 is 9.59 Å². The van der Waals surface area contributed by atoms with E-state index < -0.39 is 0 Å². The highest BCUT2D eigenvalue weighted by Crippen LogP contribution is 2.25. The van der Waals surface area contributed by atoms with Gasteiger partial charge in [-0.15, -0.1) is 0 Å². The number of anilines is 2. The van der Waals surface area contributed by atoms with Gasteiger partial charge in [-0.05, 0) is 36.4 Å². The number of benzene rings is 2. The van der Waals surface area contributed by atoms with Gasteiger partial charge in [0, 0.05) is 38.1 Å². The van der Waals surface area contributed by atoms with Crippen molar-refractivity contribution >= 4 is 46.4 Å². The monoisotopic (exact) mass is 379 g/mol. The Balaban J connectivity index is 2.01. The zero-order valence-electron chi connectivity index (χ0n) is 14.2. The molecule has 0 aliphatic heterocycles. The molecule has 0 aromatic heterocycles. The third-order valence-corrected chi connectivity index (χ3v) is 4.28. The number of likely N-dealkylation sites (N-methyl/N-ethyl adjacent to an activating group) is 1. The summed E-state index contributed by atoms with van der Waals surface area (Å²) in [5.41, 5.74) is 1.96. The second kappa shape index (κ2) is 8.23. The van der Waals surface area contributed by atoms with Crippen LogP contribution < -0.4 is 10.2 Å². The normalized spacial score (nSPS) is 10.3. The van der Waals surface area contributed by atoms with Gasteiger partial charge in [0.25, 0.3) is 5.91 Å². The van der Waals surface area contributed by atoms with E-state index in [1.54, 1.807) is 37.4 Å². The fourth-order valence-electron chi connectivity index (χ4n) is 2.20. The number of rotatable bonds is 5. The number of carbonyl (C=O) groups excluding carboxylic acids is 2. The van der Waals surface area contributed by atoms with E-state index in [2.05, 4.69) is 5.32 Å². The third-order valence-electron chi connectivity index (χ3n) is 3.54. The smallest absolute Gasteiger partial charge is 0.254 e. The average Bonchev–Trinajstić information content (AvgIpc) is 2.57. The number of hydrogen-bond acceptors (Lipinski definition) is 3. The van der Waals surface area contributed by atoms with E-state index >= 15 is 0 Å². The average molecular weight is 380 g/mol. The van der Waals surface area contributed by atoms with Crippen molar-refractivity contribution in [3.05, 3.63) is 58.1 Å². The summed E-state index contributed by atoms with van der Waals surface area (Å²) < 4.78 is 0. The second-order valence-corrected chi connectivity index (χ2v) is 6.60. The van der Waals surface area contributed by atoms with Crippen molar-refractivity contribution in [1.82, 2.24) is 4.90 Å². The van der Waals surface area contributed by atoms with Crippen LogP contribution in [0.3, 0.4) is 0 Å². The van der Waals surface area contributed by atoms with Crippen LogP contribution in [0.25, 0.3) is 0 Å². The Hall–Kier alpha value is -2.24. The standard InChI is InChI=1S/C18H19Cl2N3O2/c1-22(2)14-6-4-5-12(9-14)18(25)23(3)11-17(24)21-13-7-8-15(19)16(20)10-13/h4-10H,11H2,1-3H3,(H,21,24). The van der Waals surface area contributed by atoms with E-state index in [4.69, 9.17) is 23.2 Å². The SMILES string of the molecule is CN(CC(=O)Nc1ccc(Cl)c(Cl)c1)C(=O)c1cccc(N(C)C)c1. The van der Waals surface area contributed by atoms with Crippen LogP contribution in [0.4, 0.5) is 11.4 Å². The molecular formula is C18H19Cl2N3O2. The predicted molar refractivity (Wildman–Crippen MR) is 103 cm³/mol. The van der Waals surface area contributed by atoms with Crippen LogP contribution in [-0.2, 0) is 4.79 Å². The first kappa shape index (κ1) is 19.1. The maximum atomic E-state index is 12.5. The zero-order chi connectivity index (χ0) is 18.6. The van der Waals surface area contributed by atoms with E-state index in [1.807, 2.05) is 31.1 Å². The molecule has 0 saturated heterocycles. The minimum atomic E-state index is -0.321. The van der Waals surface area contributed by atoms with Crippen LogP contribution >= 0.6 is 23.2 Å². The first-order chi connectivity index (χ1) is 11.8. The summed E-state index contributed by atoms with van der Waals surface area (Å²) in [6.07, 6.45) is 0. The van der Waals surface area contributed by atoms with Crippen molar-refractivity contribution in [2.45, 2.75) is 0 Å². The molecule has 2 aromatic carbocycles. The molecule has 2 rings (SSSR count). The van der Waals surface area contributed by atoms with Gasteiger partial charge in [-0.1, -0.05) is 29.3 Å². The molecule has 2 aromatic rings. The van der Waals surface area contributed by atoms with Gasteiger partial charge in [0.05, 0.1) is 16.6 Å². The Bertz CT molecular complexity index is 794. The lowest BCUT2D eigenvalue weighted by atomic mass is 10.1. The quantitative estimate of drug-likeness (QED) is 0.859. The summed E-state index contributed by atoms with van der Waals surface area (Å²) in [5, 5.41) is 3.45. The third kappa shape index (κ3) is 5.11. The molecule has 0 radical (unpaired) electrons. The second-order valence-electron chi connectivity index (χ2n) is 5.78. The minimum Gasteiger partial charge on any atom is -0.378 e. The number of halogens is 2. The lowest BCUT2D eigenvalue weighted by Crippen LogP contribution is -2.35. The number of amides is 2. The zero-order valence-corrected chi connectivity index (χ0v) is 15.7. The van der Waals surface area contributed by atoms with Crippen LogP contribution in [0, 0.1) is 0 Å². The molecule has 0 fully saturated rings. The van der Waals surface area contributed by atoms with E-state index in [9.17, 15) is 9.59 Å². The molecule has 0 unspecified atom stereocenters. The maximum Gasteiger partial charge on any atom is 0.254 e. The highest BCUT2D eigenvalue weighted by Gasteiger charge is 2.16. The summed E-state index contributed by atoms with van der Waals surface area (Å²) in [6.45, 7) is -0.0781. The van der Waals surface area contributed by atoms with E-state index in [-0.39, 0.29) is 18.4 Å². The van der Waals surface area contributed by atoms with Gasteiger partial charge >= 0.3 is 0 Å². The highest BCUT2D eigenvalue weighted by molar-refractivity contribution is 6.42.